The van der Waals surface area contributed by atoms with Crippen molar-refractivity contribution in [3.8, 4) is 6.07 Å². The van der Waals surface area contributed by atoms with Crippen LogP contribution >= 0.6 is 23.2 Å². The number of rotatable bonds is 5. The Labute approximate surface area is 155 Å². The minimum atomic E-state index is -0.676. The summed E-state index contributed by atoms with van der Waals surface area (Å²) in [6.07, 6.45) is 0. The Kier molecular flexibility index (Phi) is 6.40. The zero-order valence-electron chi connectivity index (χ0n) is 13.3. The van der Waals surface area contributed by atoms with Gasteiger partial charge in [-0.05, 0) is 42.8 Å². The van der Waals surface area contributed by atoms with Crippen LogP contribution in [0.15, 0.2) is 42.5 Å². The van der Waals surface area contributed by atoms with E-state index in [4.69, 9.17) is 33.2 Å². The van der Waals surface area contributed by atoms with Crippen LogP contribution in [0, 0.1) is 11.3 Å². The van der Waals surface area contributed by atoms with Crippen molar-refractivity contribution in [1.29, 1.82) is 5.26 Å². The summed E-state index contributed by atoms with van der Waals surface area (Å²) in [5.41, 5.74) is 1.25. The molecule has 1 amide bonds. The van der Waals surface area contributed by atoms with Crippen LogP contribution in [-0.4, -0.2) is 18.5 Å². The highest BCUT2D eigenvalue weighted by atomic mass is 35.5. The molecule has 2 rings (SSSR count). The van der Waals surface area contributed by atoms with Crippen LogP contribution in [0.3, 0.4) is 0 Å². The molecule has 7 heteroatoms. The van der Waals surface area contributed by atoms with E-state index in [1.54, 1.807) is 37.3 Å². The maximum Gasteiger partial charge on any atom is 0.338 e. The number of ether oxygens (including phenoxy) is 1. The smallest absolute Gasteiger partial charge is 0.338 e. The lowest BCUT2D eigenvalue weighted by molar-refractivity contribution is -0.124. The molecule has 2 aromatic rings. The SMILES string of the molecule is CC(NC(=O)COC(=O)c1cccc(C#N)c1)c1ccc(Cl)cc1Cl. The fourth-order valence-electron chi connectivity index (χ4n) is 2.14. The number of hydrogen-bond acceptors (Lipinski definition) is 4. The number of esters is 1. The molecule has 1 N–H and O–H groups in total. The predicted octanol–water partition coefficient (Wildman–Crippen LogP) is 3.90. The van der Waals surface area contributed by atoms with Crippen LogP contribution < -0.4 is 5.32 Å². The average molecular weight is 377 g/mol. The Bertz CT molecular complexity index is 846. The van der Waals surface area contributed by atoms with Gasteiger partial charge in [0.05, 0.1) is 23.2 Å². The van der Waals surface area contributed by atoms with Crippen molar-refractivity contribution in [2.45, 2.75) is 13.0 Å². The molecule has 1 unspecified atom stereocenters. The maximum absolute atomic E-state index is 12.0. The molecule has 1 atom stereocenters. The number of nitriles is 1. The highest BCUT2D eigenvalue weighted by molar-refractivity contribution is 6.35. The van der Waals surface area contributed by atoms with Crippen LogP contribution in [-0.2, 0) is 9.53 Å². The van der Waals surface area contributed by atoms with E-state index in [9.17, 15) is 9.59 Å². The van der Waals surface area contributed by atoms with Crippen molar-refractivity contribution < 1.29 is 14.3 Å². The highest BCUT2D eigenvalue weighted by Crippen LogP contribution is 2.25. The van der Waals surface area contributed by atoms with Crippen LogP contribution in [0.2, 0.25) is 10.0 Å². The van der Waals surface area contributed by atoms with Crippen LogP contribution in [0.4, 0.5) is 0 Å². The van der Waals surface area contributed by atoms with E-state index in [-0.39, 0.29) is 11.6 Å². The first kappa shape index (κ1) is 18.8. The van der Waals surface area contributed by atoms with Crippen molar-refractivity contribution in [2.24, 2.45) is 0 Å². The molecule has 0 heterocycles. The Morgan fingerprint density at radius 2 is 2.00 bits per heavy atom. The molecule has 0 spiro atoms. The summed E-state index contributed by atoms with van der Waals surface area (Å²) in [4.78, 5) is 23.9. The molecule has 0 radical (unpaired) electrons. The van der Waals surface area contributed by atoms with Gasteiger partial charge in [-0.15, -0.1) is 0 Å². The molecular weight excluding hydrogens is 363 g/mol. The van der Waals surface area contributed by atoms with E-state index < -0.39 is 18.5 Å². The van der Waals surface area contributed by atoms with Gasteiger partial charge >= 0.3 is 5.97 Å². The molecule has 2 aromatic carbocycles. The molecule has 0 aliphatic rings. The number of benzene rings is 2. The monoisotopic (exact) mass is 376 g/mol. The molecule has 0 fully saturated rings. The lowest BCUT2D eigenvalue weighted by Crippen LogP contribution is -2.31. The Morgan fingerprint density at radius 3 is 2.68 bits per heavy atom. The van der Waals surface area contributed by atoms with Gasteiger partial charge < -0.3 is 10.1 Å². The number of halogens is 2. The fourth-order valence-corrected chi connectivity index (χ4v) is 2.72. The van der Waals surface area contributed by atoms with E-state index in [1.807, 2.05) is 6.07 Å². The second-order valence-electron chi connectivity index (χ2n) is 5.22. The van der Waals surface area contributed by atoms with E-state index in [0.717, 1.165) is 0 Å². The number of nitrogens with one attached hydrogen (secondary N) is 1. The minimum absolute atomic E-state index is 0.209. The molecule has 25 heavy (non-hydrogen) atoms. The molecule has 5 nitrogen and oxygen atoms in total. The quantitative estimate of drug-likeness (QED) is 0.802. The standard InChI is InChI=1S/C18H14Cl2N2O3/c1-11(15-6-5-14(19)8-16(15)20)22-17(23)10-25-18(24)13-4-2-3-12(7-13)9-21/h2-8,11H,10H2,1H3,(H,22,23). The van der Waals surface area contributed by atoms with Crippen LogP contribution in [0.5, 0.6) is 0 Å². The first-order valence-corrected chi connectivity index (χ1v) is 8.08. The third kappa shape index (κ3) is 5.21. The van der Waals surface area contributed by atoms with Crippen molar-refractivity contribution in [3.63, 3.8) is 0 Å². The number of carbonyl (C=O) groups is 2. The number of carbonyl (C=O) groups excluding carboxylic acids is 2. The molecule has 0 aliphatic heterocycles. The van der Waals surface area contributed by atoms with Crippen molar-refractivity contribution in [1.82, 2.24) is 5.32 Å². The average Bonchev–Trinajstić information content (AvgIpc) is 2.59. The third-order valence-corrected chi connectivity index (χ3v) is 3.93. The Balaban J connectivity index is 1.91. The summed E-state index contributed by atoms with van der Waals surface area (Å²) in [7, 11) is 0. The molecule has 0 aromatic heterocycles. The van der Waals surface area contributed by atoms with Gasteiger partial charge in [-0.2, -0.15) is 5.26 Å². The summed E-state index contributed by atoms with van der Waals surface area (Å²) in [6, 6.07) is 12.6. The van der Waals surface area contributed by atoms with E-state index in [2.05, 4.69) is 5.32 Å². The topological polar surface area (TPSA) is 79.2 Å². The number of hydrogen-bond donors (Lipinski definition) is 1. The zero-order valence-corrected chi connectivity index (χ0v) is 14.8. The lowest BCUT2D eigenvalue weighted by Gasteiger charge is -2.16. The Hall–Kier alpha value is -2.55. The van der Waals surface area contributed by atoms with Gasteiger partial charge in [0.25, 0.3) is 5.91 Å². The molecule has 128 valence electrons. The summed E-state index contributed by atoms with van der Waals surface area (Å²) in [5, 5.41) is 12.4. The first-order valence-electron chi connectivity index (χ1n) is 7.32. The highest BCUT2D eigenvalue weighted by Gasteiger charge is 2.15. The number of amides is 1. The van der Waals surface area contributed by atoms with Gasteiger partial charge in [-0.3, -0.25) is 4.79 Å². The van der Waals surface area contributed by atoms with E-state index in [0.29, 0.717) is 21.2 Å². The summed E-state index contributed by atoms with van der Waals surface area (Å²) in [5.74, 6) is -1.15. The predicted molar refractivity (Wildman–Crippen MR) is 94.5 cm³/mol. The molecule has 0 bridgehead atoms. The van der Waals surface area contributed by atoms with Crippen molar-refractivity contribution in [3.05, 3.63) is 69.2 Å². The molecular formula is C18H14Cl2N2O3. The molecule has 0 aliphatic carbocycles. The van der Waals surface area contributed by atoms with Gasteiger partial charge in [-0.25, -0.2) is 4.79 Å². The largest absolute Gasteiger partial charge is 0.452 e. The van der Waals surface area contributed by atoms with Crippen molar-refractivity contribution >= 4 is 35.1 Å². The zero-order chi connectivity index (χ0) is 18.4. The van der Waals surface area contributed by atoms with Gasteiger partial charge in [-0.1, -0.05) is 35.3 Å². The lowest BCUT2D eigenvalue weighted by atomic mass is 10.1. The van der Waals surface area contributed by atoms with Gasteiger partial charge in [0.15, 0.2) is 6.61 Å². The van der Waals surface area contributed by atoms with Gasteiger partial charge in [0, 0.05) is 10.0 Å². The molecule has 0 saturated heterocycles. The summed E-state index contributed by atoms with van der Waals surface area (Å²) in [6.45, 7) is 1.32. The normalized spacial score (nSPS) is 11.3. The van der Waals surface area contributed by atoms with Crippen LogP contribution in [0.25, 0.3) is 0 Å². The van der Waals surface area contributed by atoms with Gasteiger partial charge in [0.1, 0.15) is 0 Å². The fraction of sp³-hybridized carbons (Fsp3) is 0.167. The minimum Gasteiger partial charge on any atom is -0.452 e. The third-order valence-electron chi connectivity index (χ3n) is 3.37. The summed E-state index contributed by atoms with van der Waals surface area (Å²) >= 11 is 11.9. The first-order chi connectivity index (χ1) is 11.9. The van der Waals surface area contributed by atoms with Crippen LogP contribution in [0.1, 0.15) is 34.5 Å². The molecule has 0 saturated carbocycles. The second kappa shape index (κ2) is 8.52. The van der Waals surface area contributed by atoms with Crippen molar-refractivity contribution in [2.75, 3.05) is 6.61 Å². The maximum atomic E-state index is 12.0. The van der Waals surface area contributed by atoms with E-state index >= 15 is 0 Å². The van der Waals surface area contributed by atoms with E-state index in [1.165, 1.54) is 12.1 Å². The second-order valence-corrected chi connectivity index (χ2v) is 6.07. The number of nitrogens with zero attached hydrogens (tertiary/aromatic N) is 1. The summed E-state index contributed by atoms with van der Waals surface area (Å²) < 4.78 is 4.96. The Morgan fingerprint density at radius 1 is 1.24 bits per heavy atom. The van der Waals surface area contributed by atoms with Gasteiger partial charge in [0.2, 0.25) is 0 Å².